The lowest BCUT2D eigenvalue weighted by Gasteiger charge is -2.34. The molecule has 148 valence electrons. The van der Waals surface area contributed by atoms with Crippen molar-refractivity contribution < 1.29 is 0 Å². The maximum absolute atomic E-state index is 4.66. The molecule has 4 heterocycles. The first kappa shape index (κ1) is 18.2. The van der Waals surface area contributed by atoms with Crippen LogP contribution in [0, 0.1) is 0 Å². The van der Waals surface area contributed by atoms with Crippen LogP contribution in [0.2, 0.25) is 0 Å². The highest BCUT2D eigenvalue weighted by molar-refractivity contribution is 7.96. The summed E-state index contributed by atoms with van der Waals surface area (Å²) in [6, 6.07) is 10.6. The predicted octanol–water partition coefficient (Wildman–Crippen LogP) is 3.22. The molecule has 4 aromatic rings. The van der Waals surface area contributed by atoms with Crippen molar-refractivity contribution in [3.05, 3.63) is 55.1 Å². The van der Waals surface area contributed by atoms with Crippen LogP contribution in [0.15, 0.2) is 55.1 Å². The van der Waals surface area contributed by atoms with Gasteiger partial charge in [0.25, 0.3) is 0 Å². The van der Waals surface area contributed by atoms with Gasteiger partial charge in [-0.05, 0) is 24.0 Å². The van der Waals surface area contributed by atoms with Crippen LogP contribution >= 0.6 is 11.9 Å². The summed E-state index contributed by atoms with van der Waals surface area (Å²) in [7, 11) is 1.93. The highest BCUT2D eigenvalue weighted by atomic mass is 32.2. The van der Waals surface area contributed by atoms with E-state index in [-0.39, 0.29) is 0 Å². The quantitative estimate of drug-likeness (QED) is 0.486. The smallest absolute Gasteiger partial charge is 0.130 e. The van der Waals surface area contributed by atoms with Gasteiger partial charge in [-0.15, -0.1) is 0 Å². The molecular weight excluding hydrogens is 382 g/mol. The van der Waals surface area contributed by atoms with Gasteiger partial charge in [-0.1, -0.05) is 24.1 Å². The maximum Gasteiger partial charge on any atom is 0.130 e. The van der Waals surface area contributed by atoms with Gasteiger partial charge in [-0.2, -0.15) is 10.2 Å². The van der Waals surface area contributed by atoms with E-state index in [0.29, 0.717) is 0 Å². The Morgan fingerprint density at radius 2 is 1.79 bits per heavy atom. The second kappa shape index (κ2) is 7.53. The Bertz CT molecular complexity index is 1140. The van der Waals surface area contributed by atoms with Gasteiger partial charge in [0.15, 0.2) is 0 Å². The molecule has 1 aromatic carbocycles. The fourth-order valence-corrected chi connectivity index (χ4v) is 4.31. The number of hydrogen-bond acceptors (Lipinski definition) is 6. The van der Waals surface area contributed by atoms with E-state index in [9.17, 15) is 0 Å². The second-order valence-corrected chi connectivity index (χ2v) is 8.09. The average Bonchev–Trinajstić information content (AvgIpc) is 3.39. The minimum atomic E-state index is 0.988. The Labute approximate surface area is 174 Å². The molecule has 0 bridgehead atoms. The van der Waals surface area contributed by atoms with Crippen molar-refractivity contribution in [3.63, 3.8) is 0 Å². The summed E-state index contributed by atoms with van der Waals surface area (Å²) in [5.41, 5.74) is 4.34. The predicted molar refractivity (Wildman–Crippen MR) is 118 cm³/mol. The molecular formula is C21H23N7S. The van der Waals surface area contributed by atoms with Crippen molar-refractivity contribution >= 4 is 28.7 Å². The molecule has 1 fully saturated rings. The molecule has 0 saturated carbocycles. The Morgan fingerprint density at radius 3 is 2.55 bits per heavy atom. The zero-order chi connectivity index (χ0) is 19.8. The number of pyridine rings is 1. The fourth-order valence-electron chi connectivity index (χ4n) is 3.79. The van der Waals surface area contributed by atoms with Gasteiger partial charge in [0.05, 0.1) is 23.6 Å². The lowest BCUT2D eigenvalue weighted by atomic mass is 10.1. The van der Waals surface area contributed by atoms with E-state index in [1.54, 1.807) is 0 Å². The van der Waals surface area contributed by atoms with Gasteiger partial charge >= 0.3 is 0 Å². The molecule has 0 radical (unpaired) electrons. The summed E-state index contributed by atoms with van der Waals surface area (Å²) >= 11 is 1.81. The van der Waals surface area contributed by atoms with E-state index in [2.05, 4.69) is 54.9 Å². The van der Waals surface area contributed by atoms with E-state index in [0.717, 1.165) is 59.7 Å². The molecule has 0 aliphatic carbocycles. The normalized spacial score (nSPS) is 15.3. The van der Waals surface area contributed by atoms with Crippen LogP contribution in [-0.2, 0) is 7.05 Å². The number of benzene rings is 1. The molecule has 3 aromatic heterocycles. The Kier molecular flexibility index (Phi) is 4.73. The Hall–Kier alpha value is -2.84. The lowest BCUT2D eigenvalue weighted by Crippen LogP contribution is -2.43. The monoisotopic (exact) mass is 405 g/mol. The van der Waals surface area contributed by atoms with Gasteiger partial charge in [-0.25, -0.2) is 14.0 Å². The molecule has 29 heavy (non-hydrogen) atoms. The number of piperazine rings is 1. The zero-order valence-electron chi connectivity index (χ0n) is 16.6. The van der Waals surface area contributed by atoms with E-state index >= 15 is 0 Å². The van der Waals surface area contributed by atoms with Gasteiger partial charge in [0.2, 0.25) is 0 Å². The van der Waals surface area contributed by atoms with E-state index in [1.807, 2.05) is 59.2 Å². The summed E-state index contributed by atoms with van der Waals surface area (Å²) in [6.07, 6.45) is 9.85. The number of rotatable bonds is 4. The van der Waals surface area contributed by atoms with Crippen LogP contribution in [0.3, 0.4) is 0 Å². The van der Waals surface area contributed by atoms with E-state index < -0.39 is 0 Å². The first-order chi connectivity index (χ1) is 14.2. The second-order valence-electron chi connectivity index (χ2n) is 7.20. The van der Waals surface area contributed by atoms with E-state index in [4.69, 9.17) is 0 Å². The van der Waals surface area contributed by atoms with Crippen molar-refractivity contribution in [2.45, 2.75) is 0 Å². The molecule has 0 atom stereocenters. The molecule has 0 amide bonds. The standard InChI is InChI=1S/C21H23N7S/c1-25-15-18(14-23-25)16-3-4-17-13-24-28(20(17)11-16)19-5-6-22-21(12-19)26-7-9-27(29-2)10-8-26/h3-6,11-15H,7-10H2,1-2H3. The summed E-state index contributed by atoms with van der Waals surface area (Å²) in [5, 5.41) is 10.1. The zero-order valence-corrected chi connectivity index (χ0v) is 17.4. The fraction of sp³-hybridized carbons (Fsp3) is 0.286. The number of nitrogens with zero attached hydrogens (tertiary/aromatic N) is 7. The average molecular weight is 406 g/mol. The summed E-state index contributed by atoms with van der Waals surface area (Å²) in [5.74, 6) is 1.01. The molecule has 1 aliphatic rings. The van der Waals surface area contributed by atoms with Crippen molar-refractivity contribution in [1.29, 1.82) is 0 Å². The van der Waals surface area contributed by atoms with Crippen molar-refractivity contribution in [1.82, 2.24) is 28.9 Å². The van der Waals surface area contributed by atoms with Gasteiger partial charge in [0.1, 0.15) is 5.82 Å². The molecule has 7 nitrogen and oxygen atoms in total. The minimum absolute atomic E-state index is 0.988. The molecule has 8 heteroatoms. The Balaban J connectivity index is 1.49. The highest BCUT2D eigenvalue weighted by Crippen LogP contribution is 2.27. The van der Waals surface area contributed by atoms with Crippen molar-refractivity contribution in [3.8, 4) is 16.8 Å². The minimum Gasteiger partial charge on any atom is -0.354 e. The highest BCUT2D eigenvalue weighted by Gasteiger charge is 2.18. The first-order valence-corrected chi connectivity index (χ1v) is 10.9. The van der Waals surface area contributed by atoms with Gasteiger partial charge in [-0.3, -0.25) is 4.68 Å². The van der Waals surface area contributed by atoms with Crippen LogP contribution in [-0.4, -0.2) is 61.3 Å². The first-order valence-electron chi connectivity index (χ1n) is 9.68. The number of hydrogen-bond donors (Lipinski definition) is 0. The number of fused-ring (bicyclic) bond motifs is 1. The van der Waals surface area contributed by atoms with Crippen molar-refractivity contribution in [2.24, 2.45) is 7.05 Å². The van der Waals surface area contributed by atoms with Crippen LogP contribution in [0.25, 0.3) is 27.7 Å². The van der Waals surface area contributed by atoms with Crippen LogP contribution in [0.1, 0.15) is 0 Å². The molecule has 0 N–H and O–H groups in total. The Morgan fingerprint density at radius 1 is 0.931 bits per heavy atom. The summed E-state index contributed by atoms with van der Waals surface area (Å²) in [4.78, 5) is 6.97. The lowest BCUT2D eigenvalue weighted by molar-refractivity contribution is 0.429. The number of anilines is 1. The molecule has 1 saturated heterocycles. The molecule has 0 spiro atoms. The van der Waals surface area contributed by atoms with Gasteiger partial charge < -0.3 is 4.90 Å². The summed E-state index contributed by atoms with van der Waals surface area (Å²) < 4.78 is 6.21. The number of aryl methyl sites for hydroxylation is 1. The van der Waals surface area contributed by atoms with Crippen LogP contribution < -0.4 is 4.90 Å². The largest absolute Gasteiger partial charge is 0.354 e. The molecule has 5 rings (SSSR count). The third kappa shape index (κ3) is 3.49. The topological polar surface area (TPSA) is 55.0 Å². The van der Waals surface area contributed by atoms with Crippen LogP contribution in [0.4, 0.5) is 5.82 Å². The van der Waals surface area contributed by atoms with Crippen molar-refractivity contribution in [2.75, 3.05) is 37.3 Å². The van der Waals surface area contributed by atoms with Gasteiger partial charge in [0, 0.05) is 62.6 Å². The number of aromatic nitrogens is 5. The summed E-state index contributed by atoms with van der Waals surface area (Å²) in [6.45, 7) is 4.07. The maximum atomic E-state index is 4.66. The molecule has 1 aliphatic heterocycles. The molecule has 0 unspecified atom stereocenters. The van der Waals surface area contributed by atoms with Crippen LogP contribution in [0.5, 0.6) is 0 Å². The van der Waals surface area contributed by atoms with E-state index in [1.165, 1.54) is 0 Å². The third-order valence-electron chi connectivity index (χ3n) is 5.40. The third-order valence-corrected chi connectivity index (χ3v) is 6.29. The SMILES string of the molecule is CSN1CCN(c2cc(-n3ncc4ccc(-c5cnn(C)c5)cc43)ccn2)CC1.